The molecule has 1 aromatic heterocycles. The molecule has 0 saturated heterocycles. The van der Waals surface area contributed by atoms with E-state index in [0.29, 0.717) is 6.54 Å². The summed E-state index contributed by atoms with van der Waals surface area (Å²) in [5, 5.41) is 13.7. The molecule has 0 aromatic carbocycles. The smallest absolute Gasteiger partial charge is 0.326 e. The number of nitrogens with one attached hydrogen (secondary N) is 2. The molecule has 17 heavy (non-hydrogen) atoms. The number of aliphatic carboxylic acids is 1. The van der Waals surface area contributed by atoms with Crippen molar-refractivity contribution in [3.63, 3.8) is 0 Å². The first kappa shape index (κ1) is 13.2. The minimum absolute atomic E-state index is 0.184. The molecule has 0 spiro atoms. The van der Waals surface area contributed by atoms with Gasteiger partial charge >= 0.3 is 12.0 Å². The first-order chi connectivity index (χ1) is 8.13. The van der Waals surface area contributed by atoms with Crippen LogP contribution in [0.3, 0.4) is 0 Å². The van der Waals surface area contributed by atoms with Crippen LogP contribution in [0.5, 0.6) is 0 Å². The van der Waals surface area contributed by atoms with Crippen molar-refractivity contribution in [2.45, 2.75) is 19.0 Å². The second-order valence-electron chi connectivity index (χ2n) is 3.21. The molecule has 0 aliphatic carbocycles. The molecule has 1 heterocycles. The summed E-state index contributed by atoms with van der Waals surface area (Å²) in [6.07, 6.45) is 3.27. The van der Waals surface area contributed by atoms with Crippen molar-refractivity contribution < 1.29 is 14.7 Å². The van der Waals surface area contributed by atoms with E-state index in [1.807, 2.05) is 0 Å². The van der Waals surface area contributed by atoms with Crippen molar-refractivity contribution in [2.24, 2.45) is 0 Å². The zero-order chi connectivity index (χ0) is 12.7. The van der Waals surface area contributed by atoms with Gasteiger partial charge < -0.3 is 15.7 Å². The SMILES string of the molecule is C=CCC(NC(=O)NCc1cncs1)C(=O)O. The molecule has 0 aliphatic rings. The fourth-order valence-corrected chi connectivity index (χ4v) is 1.63. The van der Waals surface area contributed by atoms with Crippen LogP contribution in [-0.4, -0.2) is 28.1 Å². The van der Waals surface area contributed by atoms with Crippen molar-refractivity contribution in [1.82, 2.24) is 15.6 Å². The van der Waals surface area contributed by atoms with Gasteiger partial charge in [0.15, 0.2) is 0 Å². The predicted molar refractivity (Wildman–Crippen MR) is 63.7 cm³/mol. The molecule has 0 aliphatic heterocycles. The number of rotatable bonds is 6. The second-order valence-corrected chi connectivity index (χ2v) is 4.18. The highest BCUT2D eigenvalue weighted by Gasteiger charge is 2.17. The molecule has 1 aromatic rings. The number of aromatic nitrogens is 1. The topological polar surface area (TPSA) is 91.3 Å². The average molecular weight is 255 g/mol. The Hall–Kier alpha value is -1.89. The van der Waals surface area contributed by atoms with Gasteiger partial charge in [0.1, 0.15) is 6.04 Å². The van der Waals surface area contributed by atoms with Crippen molar-refractivity contribution in [3.8, 4) is 0 Å². The summed E-state index contributed by atoms with van der Waals surface area (Å²) in [7, 11) is 0. The van der Waals surface area contributed by atoms with Gasteiger partial charge in [0.25, 0.3) is 0 Å². The lowest BCUT2D eigenvalue weighted by molar-refractivity contribution is -0.139. The molecule has 3 N–H and O–H groups in total. The lowest BCUT2D eigenvalue weighted by Gasteiger charge is -2.12. The Labute approximate surface area is 102 Å². The Kier molecular flexibility index (Phi) is 5.15. The molecule has 1 atom stereocenters. The second kappa shape index (κ2) is 6.64. The van der Waals surface area contributed by atoms with Crippen LogP contribution < -0.4 is 10.6 Å². The maximum atomic E-state index is 11.4. The van der Waals surface area contributed by atoms with E-state index in [1.54, 1.807) is 11.7 Å². The summed E-state index contributed by atoms with van der Waals surface area (Å²) < 4.78 is 0. The van der Waals surface area contributed by atoms with E-state index in [-0.39, 0.29) is 6.42 Å². The average Bonchev–Trinajstić information content (AvgIpc) is 2.78. The standard InChI is InChI=1S/C10H13N3O3S/c1-2-3-8(9(14)15)13-10(16)12-5-7-4-11-6-17-7/h2,4,6,8H,1,3,5H2,(H,14,15)(H2,12,13,16). The van der Waals surface area contributed by atoms with Crippen LogP contribution in [0.15, 0.2) is 24.4 Å². The highest BCUT2D eigenvalue weighted by atomic mass is 32.1. The summed E-state index contributed by atoms with van der Waals surface area (Å²) >= 11 is 1.41. The molecular weight excluding hydrogens is 242 g/mol. The van der Waals surface area contributed by atoms with Crippen molar-refractivity contribution >= 4 is 23.3 Å². The number of amides is 2. The minimum atomic E-state index is -1.09. The summed E-state index contributed by atoms with van der Waals surface area (Å²) in [6, 6.07) is -1.47. The fraction of sp³-hybridized carbons (Fsp3) is 0.300. The van der Waals surface area contributed by atoms with Gasteiger partial charge in [0.05, 0.1) is 12.1 Å². The van der Waals surface area contributed by atoms with Gasteiger partial charge in [-0.1, -0.05) is 6.08 Å². The largest absolute Gasteiger partial charge is 0.480 e. The van der Waals surface area contributed by atoms with Crippen molar-refractivity contribution in [1.29, 1.82) is 0 Å². The summed E-state index contributed by atoms with van der Waals surface area (Å²) in [5.41, 5.74) is 1.66. The van der Waals surface area contributed by atoms with E-state index in [2.05, 4.69) is 22.2 Å². The number of hydrogen-bond donors (Lipinski definition) is 3. The Balaban J connectivity index is 2.37. The van der Waals surface area contributed by atoms with E-state index < -0.39 is 18.0 Å². The number of carboxylic acid groups (broad SMARTS) is 1. The van der Waals surface area contributed by atoms with E-state index in [1.165, 1.54) is 17.4 Å². The van der Waals surface area contributed by atoms with Gasteiger partial charge in [-0.3, -0.25) is 4.98 Å². The fourth-order valence-electron chi connectivity index (χ4n) is 1.09. The van der Waals surface area contributed by atoms with E-state index in [9.17, 15) is 9.59 Å². The molecular formula is C10H13N3O3S. The number of urea groups is 1. The quantitative estimate of drug-likeness (QED) is 0.660. The van der Waals surface area contributed by atoms with Gasteiger partial charge in [-0.25, -0.2) is 9.59 Å². The van der Waals surface area contributed by atoms with Crippen LogP contribution in [0.2, 0.25) is 0 Å². The van der Waals surface area contributed by atoms with Crippen LogP contribution in [0.25, 0.3) is 0 Å². The maximum Gasteiger partial charge on any atom is 0.326 e. The normalized spacial score (nSPS) is 11.5. The third kappa shape index (κ3) is 4.64. The highest BCUT2D eigenvalue weighted by molar-refractivity contribution is 7.09. The molecule has 1 rings (SSSR count). The summed E-state index contributed by atoms with van der Waals surface area (Å²) in [4.78, 5) is 26.9. The Morgan fingerprint density at radius 3 is 2.94 bits per heavy atom. The lowest BCUT2D eigenvalue weighted by Crippen LogP contribution is -2.45. The van der Waals surface area contributed by atoms with Gasteiger partial charge in [-0.15, -0.1) is 17.9 Å². The highest BCUT2D eigenvalue weighted by Crippen LogP contribution is 2.03. The zero-order valence-electron chi connectivity index (χ0n) is 9.05. The molecule has 7 heteroatoms. The molecule has 92 valence electrons. The van der Waals surface area contributed by atoms with Crippen LogP contribution in [0.4, 0.5) is 4.79 Å². The Bertz CT molecular complexity index is 392. The number of nitrogens with zero attached hydrogens (tertiary/aromatic N) is 1. The van der Waals surface area contributed by atoms with Crippen LogP contribution >= 0.6 is 11.3 Å². The van der Waals surface area contributed by atoms with Crippen molar-refractivity contribution in [3.05, 3.63) is 29.2 Å². The monoisotopic (exact) mass is 255 g/mol. The third-order valence-electron chi connectivity index (χ3n) is 1.91. The summed E-state index contributed by atoms with van der Waals surface area (Å²) in [6.45, 7) is 3.77. The van der Waals surface area contributed by atoms with Gasteiger partial charge in [0, 0.05) is 11.1 Å². The molecule has 6 nitrogen and oxygen atoms in total. The maximum absolute atomic E-state index is 11.4. The number of hydrogen-bond acceptors (Lipinski definition) is 4. The van der Waals surface area contributed by atoms with Crippen LogP contribution in [0.1, 0.15) is 11.3 Å². The summed E-state index contributed by atoms with van der Waals surface area (Å²) in [5.74, 6) is -1.09. The van der Waals surface area contributed by atoms with E-state index in [4.69, 9.17) is 5.11 Å². The van der Waals surface area contributed by atoms with Gasteiger partial charge in [0.2, 0.25) is 0 Å². The Morgan fingerprint density at radius 2 is 2.41 bits per heavy atom. The number of thiazole rings is 1. The predicted octanol–water partition coefficient (Wildman–Crippen LogP) is 0.972. The van der Waals surface area contributed by atoms with Crippen LogP contribution in [-0.2, 0) is 11.3 Å². The first-order valence-electron chi connectivity index (χ1n) is 4.89. The van der Waals surface area contributed by atoms with E-state index >= 15 is 0 Å². The molecule has 2 amide bonds. The lowest BCUT2D eigenvalue weighted by atomic mass is 10.2. The number of carboxylic acids is 1. The molecule has 1 unspecified atom stereocenters. The number of carbonyl (C=O) groups is 2. The molecule has 0 saturated carbocycles. The Morgan fingerprint density at radius 1 is 1.65 bits per heavy atom. The molecule has 0 fully saturated rings. The van der Waals surface area contributed by atoms with Gasteiger partial charge in [-0.05, 0) is 6.42 Å². The zero-order valence-corrected chi connectivity index (χ0v) is 9.87. The van der Waals surface area contributed by atoms with Crippen molar-refractivity contribution in [2.75, 3.05) is 0 Å². The molecule has 0 bridgehead atoms. The minimum Gasteiger partial charge on any atom is -0.480 e. The van der Waals surface area contributed by atoms with Gasteiger partial charge in [-0.2, -0.15) is 0 Å². The first-order valence-corrected chi connectivity index (χ1v) is 5.77. The van der Waals surface area contributed by atoms with E-state index in [0.717, 1.165) is 4.88 Å². The number of carbonyl (C=O) groups excluding carboxylic acids is 1. The third-order valence-corrected chi connectivity index (χ3v) is 2.69. The van der Waals surface area contributed by atoms with Crippen LogP contribution in [0, 0.1) is 0 Å². The molecule has 0 radical (unpaired) electrons.